The lowest BCUT2D eigenvalue weighted by Gasteiger charge is -2.17. The Balaban J connectivity index is 1.51. The largest absolute Gasteiger partial charge is 0.493 e. The number of aryl methyl sites for hydroxylation is 2. The van der Waals surface area contributed by atoms with E-state index in [4.69, 9.17) is 49.3 Å². The van der Waals surface area contributed by atoms with Gasteiger partial charge in [0, 0.05) is 20.6 Å². The van der Waals surface area contributed by atoms with Crippen LogP contribution in [0.3, 0.4) is 0 Å². The molecule has 1 saturated heterocycles. The Morgan fingerprint density at radius 3 is 2.33 bits per heavy atom. The smallest absolute Gasteiger partial charge is 0.271 e. The Kier molecular flexibility index (Phi) is 9.74. The monoisotopic (exact) mass is 748 g/mol. The van der Waals surface area contributed by atoms with Gasteiger partial charge in [-0.15, -0.1) is 0 Å². The van der Waals surface area contributed by atoms with Crippen LogP contribution in [0.15, 0.2) is 82.7 Å². The summed E-state index contributed by atoms with van der Waals surface area (Å²) < 4.78 is 12.6. The summed E-state index contributed by atoms with van der Waals surface area (Å²) in [6, 6.07) is 22.4. The molecule has 0 spiro atoms. The maximum atomic E-state index is 13.8. The molecule has 0 aliphatic carbocycles. The fourth-order valence-electron chi connectivity index (χ4n) is 4.14. The molecule has 1 heterocycles. The maximum absolute atomic E-state index is 13.8. The van der Waals surface area contributed by atoms with Crippen LogP contribution in [0.4, 0.5) is 11.4 Å². The number of nitrogens with zero attached hydrogens (tertiary/aromatic N) is 2. The van der Waals surface area contributed by atoms with Crippen molar-refractivity contribution in [2.45, 2.75) is 20.5 Å². The predicted octanol–water partition coefficient (Wildman–Crippen LogP) is 10.3. The summed E-state index contributed by atoms with van der Waals surface area (Å²) >= 11 is 22.6. The molecule has 0 bridgehead atoms. The second kappa shape index (κ2) is 13.3. The number of amidine groups is 1. The lowest BCUT2D eigenvalue weighted by Crippen LogP contribution is -2.28. The van der Waals surface area contributed by atoms with Crippen LogP contribution in [0.25, 0.3) is 6.08 Å². The molecule has 1 fully saturated rings. The third-order valence-corrected chi connectivity index (χ3v) is 9.43. The number of hydrogen-bond acceptors (Lipinski definition) is 5. The third kappa shape index (κ3) is 6.76. The number of methoxy groups -OCH3 is 1. The Bertz CT molecular complexity index is 1760. The van der Waals surface area contributed by atoms with Gasteiger partial charge in [0.15, 0.2) is 16.7 Å². The summed E-state index contributed by atoms with van der Waals surface area (Å²) in [5.74, 6) is 0.923. The van der Waals surface area contributed by atoms with Crippen molar-refractivity contribution < 1.29 is 14.3 Å². The SMILES string of the molecule is COc1cc(/C=C2/SC(=Nc3ccc(C)c(Cl)c3)N(c3ccc(C)c(Cl)c3)C2=O)cc(I)c1OCc1ccccc1Cl. The highest BCUT2D eigenvalue weighted by molar-refractivity contribution is 14.1. The van der Waals surface area contributed by atoms with Crippen LogP contribution in [-0.2, 0) is 11.4 Å². The van der Waals surface area contributed by atoms with Crippen molar-refractivity contribution in [1.29, 1.82) is 0 Å². The van der Waals surface area contributed by atoms with Crippen LogP contribution in [0, 0.1) is 17.4 Å². The van der Waals surface area contributed by atoms with Gasteiger partial charge in [0.2, 0.25) is 0 Å². The molecule has 10 heteroatoms. The van der Waals surface area contributed by atoms with Gasteiger partial charge in [-0.3, -0.25) is 9.69 Å². The molecule has 0 N–H and O–H groups in total. The zero-order valence-corrected chi connectivity index (χ0v) is 28.0. The summed E-state index contributed by atoms with van der Waals surface area (Å²) in [6.45, 7) is 4.13. The van der Waals surface area contributed by atoms with E-state index in [0.29, 0.717) is 48.0 Å². The normalized spacial score (nSPS) is 15.1. The van der Waals surface area contributed by atoms with Gasteiger partial charge in [-0.2, -0.15) is 0 Å². The highest BCUT2D eigenvalue weighted by Gasteiger charge is 2.35. The average molecular weight is 750 g/mol. The topological polar surface area (TPSA) is 51.1 Å². The molecule has 0 aromatic heterocycles. The van der Waals surface area contributed by atoms with E-state index in [-0.39, 0.29) is 12.5 Å². The lowest BCUT2D eigenvalue weighted by molar-refractivity contribution is -0.113. The molecule has 0 unspecified atom stereocenters. The minimum absolute atomic E-state index is 0.218. The van der Waals surface area contributed by atoms with Crippen LogP contribution in [0.1, 0.15) is 22.3 Å². The van der Waals surface area contributed by atoms with Crippen molar-refractivity contribution >= 4 is 97.7 Å². The Hall–Kier alpha value is -2.69. The first-order chi connectivity index (χ1) is 20.1. The second-order valence-electron chi connectivity index (χ2n) is 9.43. The lowest BCUT2D eigenvalue weighted by atomic mass is 10.1. The number of halogens is 4. The predicted molar refractivity (Wildman–Crippen MR) is 184 cm³/mol. The van der Waals surface area contributed by atoms with Crippen molar-refractivity contribution in [2.75, 3.05) is 12.0 Å². The number of carbonyl (C=O) groups excluding carboxylic acids is 1. The van der Waals surface area contributed by atoms with E-state index in [9.17, 15) is 4.79 Å². The number of ether oxygens (including phenoxy) is 2. The molecule has 5 rings (SSSR count). The molecule has 0 atom stereocenters. The molecule has 0 radical (unpaired) electrons. The second-order valence-corrected chi connectivity index (χ2v) is 12.8. The Morgan fingerprint density at radius 1 is 0.929 bits per heavy atom. The highest BCUT2D eigenvalue weighted by Crippen LogP contribution is 2.41. The van der Waals surface area contributed by atoms with Crippen molar-refractivity contribution in [3.05, 3.63) is 119 Å². The Morgan fingerprint density at radius 2 is 1.64 bits per heavy atom. The summed E-state index contributed by atoms with van der Waals surface area (Å²) in [7, 11) is 1.58. The molecule has 42 heavy (non-hydrogen) atoms. The van der Waals surface area contributed by atoms with E-state index in [1.54, 1.807) is 24.1 Å². The quantitative estimate of drug-likeness (QED) is 0.139. The number of carbonyl (C=O) groups is 1. The molecular formula is C32H24Cl3IN2O3S. The number of benzene rings is 4. The maximum Gasteiger partial charge on any atom is 0.271 e. The van der Waals surface area contributed by atoms with Crippen LogP contribution < -0.4 is 14.4 Å². The summed E-state index contributed by atoms with van der Waals surface area (Å²) in [5.41, 5.74) is 4.77. The zero-order chi connectivity index (χ0) is 30.0. The van der Waals surface area contributed by atoms with Crippen molar-refractivity contribution in [1.82, 2.24) is 0 Å². The van der Waals surface area contributed by atoms with Crippen LogP contribution >= 0.6 is 69.2 Å². The van der Waals surface area contributed by atoms with Gasteiger partial charge in [-0.25, -0.2) is 4.99 Å². The van der Waals surface area contributed by atoms with Crippen molar-refractivity contribution in [3.63, 3.8) is 0 Å². The number of hydrogen-bond donors (Lipinski definition) is 0. The van der Waals surface area contributed by atoms with E-state index in [1.807, 2.05) is 80.6 Å². The van der Waals surface area contributed by atoms with Gasteiger partial charge >= 0.3 is 0 Å². The fourth-order valence-corrected chi connectivity index (χ4v) is 6.46. The standard InChI is InChI=1S/C32H24Cl3IN2O3S/c1-18-8-10-22(15-25(18)34)37-32-38(23-11-9-19(2)26(35)16-23)31(39)29(42-32)14-20-12-27(36)30(28(13-20)40-3)41-17-21-6-4-5-7-24(21)33/h4-16H,17H2,1-3H3/b29-14+,37-32?. The number of anilines is 1. The first kappa shape index (κ1) is 30.8. The van der Waals surface area contributed by atoms with Gasteiger partial charge in [-0.05, 0) is 113 Å². The van der Waals surface area contributed by atoms with Gasteiger partial charge in [0.1, 0.15) is 6.61 Å². The van der Waals surface area contributed by atoms with E-state index in [1.165, 1.54) is 11.8 Å². The molecule has 4 aromatic rings. The molecule has 5 nitrogen and oxygen atoms in total. The Labute approximate surface area is 277 Å². The first-order valence-electron chi connectivity index (χ1n) is 12.7. The molecular weight excluding hydrogens is 726 g/mol. The fraction of sp³-hybridized carbons (Fsp3) is 0.125. The first-order valence-corrected chi connectivity index (χ1v) is 15.8. The number of aliphatic imine (C=N–C) groups is 1. The summed E-state index contributed by atoms with van der Waals surface area (Å²) in [4.78, 5) is 20.7. The minimum atomic E-state index is -0.218. The van der Waals surface area contributed by atoms with Crippen molar-refractivity contribution in [3.8, 4) is 11.5 Å². The van der Waals surface area contributed by atoms with E-state index >= 15 is 0 Å². The molecule has 1 aliphatic heterocycles. The highest BCUT2D eigenvalue weighted by atomic mass is 127. The van der Waals surface area contributed by atoms with E-state index < -0.39 is 0 Å². The van der Waals surface area contributed by atoms with Gasteiger partial charge < -0.3 is 9.47 Å². The summed E-state index contributed by atoms with van der Waals surface area (Å²) in [6.07, 6.45) is 1.82. The number of rotatable bonds is 7. The van der Waals surface area contributed by atoms with Crippen molar-refractivity contribution in [2.24, 2.45) is 4.99 Å². The van der Waals surface area contributed by atoms with Crippen LogP contribution in [0.2, 0.25) is 15.1 Å². The van der Waals surface area contributed by atoms with Crippen LogP contribution in [-0.4, -0.2) is 18.2 Å². The van der Waals surface area contributed by atoms with Gasteiger partial charge in [0.25, 0.3) is 5.91 Å². The zero-order valence-electron chi connectivity index (χ0n) is 22.8. The average Bonchev–Trinajstić information content (AvgIpc) is 3.26. The molecule has 4 aromatic carbocycles. The summed E-state index contributed by atoms with van der Waals surface area (Å²) in [5, 5.41) is 2.29. The van der Waals surface area contributed by atoms with E-state index in [2.05, 4.69) is 22.6 Å². The number of amides is 1. The van der Waals surface area contributed by atoms with Gasteiger partial charge in [-0.1, -0.05) is 65.1 Å². The molecule has 214 valence electrons. The molecule has 1 amide bonds. The minimum Gasteiger partial charge on any atom is -0.493 e. The molecule has 1 aliphatic rings. The van der Waals surface area contributed by atoms with Gasteiger partial charge in [0.05, 0.1) is 27.0 Å². The molecule has 0 saturated carbocycles. The third-order valence-electron chi connectivity index (χ3n) is 6.48. The van der Waals surface area contributed by atoms with E-state index in [0.717, 1.165) is 25.8 Å². The number of thioether (sulfide) groups is 1. The van der Waals surface area contributed by atoms with Crippen LogP contribution in [0.5, 0.6) is 11.5 Å².